The molecule has 0 aromatic heterocycles. The van der Waals surface area contributed by atoms with Crippen LogP contribution in [0.15, 0.2) is 17.3 Å². The second-order valence-corrected chi connectivity index (χ2v) is 3.28. The Morgan fingerprint density at radius 3 is 2.23 bits per heavy atom. The van der Waals surface area contributed by atoms with Gasteiger partial charge in [-0.05, 0) is 41.3 Å². The summed E-state index contributed by atoms with van der Waals surface area (Å²) in [5.74, 6) is 0. The van der Waals surface area contributed by atoms with Gasteiger partial charge in [0, 0.05) is 0 Å². The summed E-state index contributed by atoms with van der Waals surface area (Å²) in [6.07, 6.45) is 1.84. The molecule has 3 heteroatoms. The third-order valence-electron chi connectivity index (χ3n) is 2.13. The van der Waals surface area contributed by atoms with Gasteiger partial charge in [0.15, 0.2) is 0 Å². The highest BCUT2D eigenvalue weighted by molar-refractivity contribution is 6.33. The van der Waals surface area contributed by atoms with E-state index in [1.165, 1.54) is 5.56 Å². The lowest BCUT2D eigenvalue weighted by Crippen LogP contribution is -1.90. The molecule has 0 saturated heterocycles. The van der Waals surface area contributed by atoms with Crippen molar-refractivity contribution in [1.82, 2.24) is 0 Å². The van der Waals surface area contributed by atoms with Crippen molar-refractivity contribution in [2.24, 2.45) is 5.18 Å². The second-order valence-electron chi connectivity index (χ2n) is 2.87. The van der Waals surface area contributed by atoms with Crippen LogP contribution in [0.1, 0.15) is 25.0 Å². The molecule has 0 heterocycles. The summed E-state index contributed by atoms with van der Waals surface area (Å²) in [4.78, 5) is 10.4. The lowest BCUT2D eigenvalue weighted by atomic mass is 10.0. The van der Waals surface area contributed by atoms with E-state index in [0.29, 0.717) is 10.7 Å². The number of benzene rings is 1. The van der Waals surface area contributed by atoms with Gasteiger partial charge in [-0.1, -0.05) is 25.4 Å². The van der Waals surface area contributed by atoms with Crippen LogP contribution in [-0.4, -0.2) is 0 Å². The Kier molecular flexibility index (Phi) is 3.43. The lowest BCUT2D eigenvalue weighted by molar-refractivity contribution is 1.04. The largest absolute Gasteiger partial charge is 0.145 e. The number of nitrogens with zero attached hydrogens (tertiary/aromatic N) is 1. The molecule has 70 valence electrons. The van der Waals surface area contributed by atoms with Crippen LogP contribution in [0.4, 0.5) is 5.69 Å². The third-order valence-corrected chi connectivity index (χ3v) is 2.43. The predicted molar refractivity (Wildman–Crippen MR) is 55.7 cm³/mol. The van der Waals surface area contributed by atoms with E-state index in [1.807, 2.05) is 6.07 Å². The Bertz CT molecular complexity index is 323. The number of hydrogen-bond donors (Lipinski definition) is 0. The molecule has 0 amide bonds. The van der Waals surface area contributed by atoms with Gasteiger partial charge >= 0.3 is 0 Å². The van der Waals surface area contributed by atoms with Crippen molar-refractivity contribution in [2.45, 2.75) is 26.7 Å². The van der Waals surface area contributed by atoms with E-state index in [9.17, 15) is 4.91 Å². The van der Waals surface area contributed by atoms with E-state index >= 15 is 0 Å². The Hall–Kier alpha value is -0.890. The van der Waals surface area contributed by atoms with E-state index in [-0.39, 0.29) is 0 Å². The molecular formula is C10H12ClNO. The molecule has 0 radical (unpaired) electrons. The minimum absolute atomic E-state index is 0.343. The summed E-state index contributed by atoms with van der Waals surface area (Å²) in [5.41, 5.74) is 2.69. The first-order chi connectivity index (χ1) is 6.22. The topological polar surface area (TPSA) is 29.4 Å². The second kappa shape index (κ2) is 4.38. The fourth-order valence-electron chi connectivity index (χ4n) is 1.37. The summed E-state index contributed by atoms with van der Waals surface area (Å²) in [6, 6.07) is 3.60. The Morgan fingerprint density at radius 1 is 1.23 bits per heavy atom. The first-order valence-electron chi connectivity index (χ1n) is 4.37. The quantitative estimate of drug-likeness (QED) is 0.677. The minimum atomic E-state index is 0.343. The maximum absolute atomic E-state index is 10.4. The average molecular weight is 198 g/mol. The molecule has 0 atom stereocenters. The molecule has 0 bridgehead atoms. The average Bonchev–Trinajstić information content (AvgIpc) is 2.17. The molecular weight excluding hydrogens is 186 g/mol. The number of halogens is 1. The lowest BCUT2D eigenvalue weighted by Gasteiger charge is -2.06. The summed E-state index contributed by atoms with van der Waals surface area (Å²) in [7, 11) is 0. The van der Waals surface area contributed by atoms with Gasteiger partial charge in [0.25, 0.3) is 0 Å². The van der Waals surface area contributed by atoms with Crippen molar-refractivity contribution >= 4 is 17.3 Å². The van der Waals surface area contributed by atoms with Crippen LogP contribution in [0, 0.1) is 4.91 Å². The van der Waals surface area contributed by atoms with Gasteiger partial charge < -0.3 is 0 Å². The zero-order valence-corrected chi connectivity index (χ0v) is 8.56. The van der Waals surface area contributed by atoms with Crippen molar-refractivity contribution < 1.29 is 0 Å². The van der Waals surface area contributed by atoms with Crippen LogP contribution in [0.25, 0.3) is 0 Å². The Morgan fingerprint density at radius 2 is 1.77 bits per heavy atom. The highest BCUT2D eigenvalue weighted by atomic mass is 35.5. The normalized spacial score (nSPS) is 10.1. The van der Waals surface area contributed by atoms with Gasteiger partial charge in [-0.3, -0.25) is 0 Å². The zero-order chi connectivity index (χ0) is 9.84. The molecule has 0 unspecified atom stereocenters. The predicted octanol–water partition coefficient (Wildman–Crippen LogP) is 3.86. The van der Waals surface area contributed by atoms with Crippen LogP contribution < -0.4 is 0 Å². The minimum Gasteiger partial charge on any atom is -0.145 e. The van der Waals surface area contributed by atoms with Crippen molar-refractivity contribution in [3.05, 3.63) is 33.2 Å². The number of rotatable bonds is 3. The molecule has 0 aliphatic carbocycles. The maximum atomic E-state index is 10.4. The molecule has 1 aromatic rings. The Labute approximate surface area is 82.9 Å². The van der Waals surface area contributed by atoms with Crippen molar-refractivity contribution in [3.63, 3.8) is 0 Å². The summed E-state index contributed by atoms with van der Waals surface area (Å²) < 4.78 is 0. The van der Waals surface area contributed by atoms with E-state index in [1.54, 1.807) is 6.07 Å². The van der Waals surface area contributed by atoms with Crippen molar-refractivity contribution in [1.29, 1.82) is 0 Å². The van der Waals surface area contributed by atoms with Crippen LogP contribution >= 0.6 is 11.6 Å². The van der Waals surface area contributed by atoms with Crippen LogP contribution in [0.2, 0.25) is 5.02 Å². The van der Waals surface area contributed by atoms with Crippen LogP contribution in [-0.2, 0) is 12.8 Å². The van der Waals surface area contributed by atoms with Gasteiger partial charge in [0.1, 0.15) is 5.69 Å². The highest BCUT2D eigenvalue weighted by Crippen LogP contribution is 2.28. The van der Waals surface area contributed by atoms with Crippen LogP contribution in [0.3, 0.4) is 0 Å². The van der Waals surface area contributed by atoms with Gasteiger partial charge in [0.2, 0.25) is 0 Å². The SMILES string of the molecule is CCc1cc(Cl)c(N=O)cc1CC. The van der Waals surface area contributed by atoms with E-state index < -0.39 is 0 Å². The maximum Gasteiger partial charge on any atom is 0.126 e. The summed E-state index contributed by atoms with van der Waals surface area (Å²) >= 11 is 5.84. The summed E-state index contributed by atoms with van der Waals surface area (Å²) in [5, 5.41) is 3.32. The first kappa shape index (κ1) is 10.2. The van der Waals surface area contributed by atoms with Gasteiger partial charge in [-0.15, -0.1) is 4.91 Å². The highest BCUT2D eigenvalue weighted by Gasteiger charge is 2.06. The fourth-order valence-corrected chi connectivity index (χ4v) is 1.60. The number of hydrogen-bond acceptors (Lipinski definition) is 2. The number of nitroso groups, excluding NO2 is 1. The third kappa shape index (κ3) is 2.07. The smallest absolute Gasteiger partial charge is 0.126 e. The molecule has 0 spiro atoms. The Balaban J connectivity index is 3.26. The first-order valence-corrected chi connectivity index (χ1v) is 4.75. The van der Waals surface area contributed by atoms with E-state index in [2.05, 4.69) is 19.0 Å². The standard InChI is InChI=1S/C10H12ClNO/c1-3-7-5-9(11)10(12-13)6-8(7)4-2/h5-6H,3-4H2,1-2H3. The summed E-state index contributed by atoms with van der Waals surface area (Å²) in [6.45, 7) is 4.12. The van der Waals surface area contributed by atoms with Gasteiger partial charge in [0.05, 0.1) is 5.02 Å². The number of aryl methyl sites for hydroxylation is 2. The molecule has 0 aliphatic rings. The molecule has 13 heavy (non-hydrogen) atoms. The molecule has 0 N–H and O–H groups in total. The zero-order valence-electron chi connectivity index (χ0n) is 7.80. The van der Waals surface area contributed by atoms with Crippen molar-refractivity contribution in [2.75, 3.05) is 0 Å². The molecule has 0 fully saturated rings. The fraction of sp³-hybridized carbons (Fsp3) is 0.400. The van der Waals surface area contributed by atoms with Crippen molar-refractivity contribution in [3.8, 4) is 0 Å². The molecule has 1 aromatic carbocycles. The van der Waals surface area contributed by atoms with Crippen LogP contribution in [0.5, 0.6) is 0 Å². The van der Waals surface area contributed by atoms with E-state index in [4.69, 9.17) is 11.6 Å². The molecule has 0 saturated carbocycles. The van der Waals surface area contributed by atoms with Gasteiger partial charge in [-0.2, -0.15) is 0 Å². The van der Waals surface area contributed by atoms with E-state index in [0.717, 1.165) is 18.4 Å². The molecule has 2 nitrogen and oxygen atoms in total. The molecule has 0 aliphatic heterocycles. The van der Waals surface area contributed by atoms with Gasteiger partial charge in [-0.25, -0.2) is 0 Å². The molecule has 1 rings (SSSR count). The monoisotopic (exact) mass is 197 g/mol.